The molecule has 0 aliphatic heterocycles. The molecule has 7 heteroatoms. The topological polar surface area (TPSA) is 50.2 Å². The Labute approximate surface area is 104 Å². The normalized spacial score (nSPS) is 11.9. The minimum Gasteiger partial charge on any atom is -0.478 e. The molecular formula is C11H8F3NO2S. The molecule has 0 unspecified atom stereocenters. The molecule has 0 saturated heterocycles. The fourth-order valence-electron chi connectivity index (χ4n) is 1.46. The third kappa shape index (κ3) is 2.98. The fraction of sp³-hybridized carbons (Fsp3) is 0.273. The van der Waals surface area contributed by atoms with Gasteiger partial charge in [0.05, 0.1) is 20.8 Å². The molecule has 0 fully saturated rings. The summed E-state index contributed by atoms with van der Waals surface area (Å²) in [4.78, 5) is 14.8. The molecule has 2 rings (SSSR count). The first kappa shape index (κ1) is 12.8. The van der Waals surface area contributed by atoms with E-state index in [0.717, 1.165) is 11.3 Å². The quantitative estimate of drug-likeness (QED) is 0.932. The van der Waals surface area contributed by atoms with Gasteiger partial charge in [0.25, 0.3) is 0 Å². The largest absolute Gasteiger partial charge is 0.478 e. The minimum absolute atomic E-state index is 0.105. The van der Waals surface area contributed by atoms with E-state index in [2.05, 4.69) is 4.98 Å². The van der Waals surface area contributed by atoms with Gasteiger partial charge in [-0.3, -0.25) is 0 Å². The van der Waals surface area contributed by atoms with Crippen molar-refractivity contribution >= 4 is 27.5 Å². The Morgan fingerprint density at radius 1 is 1.39 bits per heavy atom. The summed E-state index contributed by atoms with van der Waals surface area (Å²) in [5.41, 5.74) is 0.635. The third-order valence-corrected chi connectivity index (χ3v) is 3.38. The van der Waals surface area contributed by atoms with E-state index in [9.17, 15) is 18.0 Å². The number of carboxylic acid groups (broad SMARTS) is 1. The van der Waals surface area contributed by atoms with E-state index in [1.165, 1.54) is 18.2 Å². The lowest BCUT2D eigenvalue weighted by molar-refractivity contribution is -0.133. The Hall–Kier alpha value is -1.63. The van der Waals surface area contributed by atoms with Crippen molar-refractivity contribution in [3.8, 4) is 0 Å². The number of hydrogen-bond donors (Lipinski definition) is 1. The van der Waals surface area contributed by atoms with Gasteiger partial charge < -0.3 is 5.11 Å². The number of halogens is 3. The molecule has 18 heavy (non-hydrogen) atoms. The van der Waals surface area contributed by atoms with Crippen molar-refractivity contribution < 1.29 is 23.1 Å². The summed E-state index contributed by atoms with van der Waals surface area (Å²) in [7, 11) is 0. The lowest BCUT2D eigenvalue weighted by Gasteiger charge is -2.02. The van der Waals surface area contributed by atoms with Gasteiger partial charge in [-0.05, 0) is 18.2 Å². The Bertz CT molecular complexity index is 591. The number of aryl methyl sites for hydroxylation is 1. The maximum absolute atomic E-state index is 12.1. The molecule has 0 spiro atoms. The number of fused-ring (bicyclic) bond motifs is 1. The van der Waals surface area contributed by atoms with Crippen LogP contribution in [-0.4, -0.2) is 22.2 Å². The van der Waals surface area contributed by atoms with Crippen LogP contribution in [0.15, 0.2) is 18.2 Å². The Morgan fingerprint density at radius 3 is 2.72 bits per heavy atom. The van der Waals surface area contributed by atoms with Crippen molar-refractivity contribution in [2.75, 3.05) is 0 Å². The van der Waals surface area contributed by atoms with Crippen LogP contribution in [-0.2, 0) is 6.42 Å². The molecule has 1 heterocycles. The van der Waals surface area contributed by atoms with Crippen LogP contribution < -0.4 is 0 Å². The number of aromatic carboxylic acids is 1. The molecule has 2 aromatic rings. The van der Waals surface area contributed by atoms with Crippen LogP contribution in [0.2, 0.25) is 0 Å². The molecule has 0 bridgehead atoms. The van der Waals surface area contributed by atoms with E-state index in [-0.39, 0.29) is 12.0 Å². The van der Waals surface area contributed by atoms with Crippen LogP contribution in [0.25, 0.3) is 10.2 Å². The minimum atomic E-state index is -4.20. The first-order valence-corrected chi connectivity index (χ1v) is 5.86. The zero-order valence-corrected chi connectivity index (χ0v) is 9.81. The average Bonchev–Trinajstić information content (AvgIpc) is 2.66. The second-order valence-corrected chi connectivity index (χ2v) is 4.83. The number of carboxylic acids is 1. The predicted octanol–water partition coefficient (Wildman–Crippen LogP) is 3.49. The molecule has 1 N–H and O–H groups in total. The van der Waals surface area contributed by atoms with Gasteiger partial charge in [0.1, 0.15) is 0 Å². The number of thiazole rings is 1. The number of carbonyl (C=O) groups is 1. The van der Waals surface area contributed by atoms with Crippen LogP contribution in [0.1, 0.15) is 21.8 Å². The van der Waals surface area contributed by atoms with E-state index >= 15 is 0 Å². The van der Waals surface area contributed by atoms with Crippen molar-refractivity contribution in [1.82, 2.24) is 4.98 Å². The smallest absolute Gasteiger partial charge is 0.389 e. The van der Waals surface area contributed by atoms with Gasteiger partial charge in [-0.25, -0.2) is 9.78 Å². The van der Waals surface area contributed by atoms with E-state index in [0.29, 0.717) is 15.2 Å². The van der Waals surface area contributed by atoms with Gasteiger partial charge in [-0.15, -0.1) is 11.3 Å². The zero-order chi connectivity index (χ0) is 13.3. The molecule has 0 saturated carbocycles. The van der Waals surface area contributed by atoms with Crippen LogP contribution >= 0.6 is 11.3 Å². The second kappa shape index (κ2) is 4.56. The highest BCUT2D eigenvalue weighted by atomic mass is 32.1. The standard InChI is InChI=1S/C11H8F3NO2S/c12-11(13,14)4-3-9-15-7-2-1-6(10(16)17)5-8(7)18-9/h1-2,5H,3-4H2,(H,16,17). The van der Waals surface area contributed by atoms with Crippen molar-refractivity contribution in [2.45, 2.75) is 19.0 Å². The second-order valence-electron chi connectivity index (χ2n) is 3.71. The number of nitrogens with zero attached hydrogens (tertiary/aromatic N) is 1. The van der Waals surface area contributed by atoms with E-state index in [1.807, 2.05) is 0 Å². The van der Waals surface area contributed by atoms with Crippen molar-refractivity contribution in [3.05, 3.63) is 28.8 Å². The first-order valence-electron chi connectivity index (χ1n) is 5.05. The van der Waals surface area contributed by atoms with E-state index in [1.54, 1.807) is 0 Å². The number of benzene rings is 1. The molecule has 0 aliphatic rings. The summed E-state index contributed by atoms with van der Waals surface area (Å²) >= 11 is 1.10. The molecule has 96 valence electrons. The van der Waals surface area contributed by atoms with Gasteiger partial charge in [0, 0.05) is 12.8 Å². The maximum Gasteiger partial charge on any atom is 0.389 e. The monoisotopic (exact) mass is 275 g/mol. The third-order valence-electron chi connectivity index (χ3n) is 2.30. The summed E-state index contributed by atoms with van der Waals surface area (Å²) in [6, 6.07) is 4.32. The Morgan fingerprint density at radius 2 is 2.11 bits per heavy atom. The highest BCUT2D eigenvalue weighted by molar-refractivity contribution is 7.18. The first-order chi connectivity index (χ1) is 8.35. The van der Waals surface area contributed by atoms with E-state index in [4.69, 9.17) is 5.11 Å². The van der Waals surface area contributed by atoms with Gasteiger partial charge in [-0.2, -0.15) is 13.2 Å². The summed E-state index contributed by atoms with van der Waals surface area (Å²) < 4.78 is 36.8. The van der Waals surface area contributed by atoms with Gasteiger partial charge in [0.2, 0.25) is 0 Å². The molecule has 1 aromatic heterocycles. The Balaban J connectivity index is 2.24. The highest BCUT2D eigenvalue weighted by Gasteiger charge is 2.27. The number of aromatic nitrogens is 1. The lowest BCUT2D eigenvalue weighted by atomic mass is 10.2. The van der Waals surface area contributed by atoms with Crippen molar-refractivity contribution in [3.63, 3.8) is 0 Å². The summed E-state index contributed by atoms with van der Waals surface area (Å²) in [5, 5.41) is 9.16. The molecule has 0 aliphatic carbocycles. The van der Waals surface area contributed by atoms with E-state index < -0.39 is 18.6 Å². The van der Waals surface area contributed by atoms with Crippen molar-refractivity contribution in [1.29, 1.82) is 0 Å². The molecule has 3 nitrogen and oxygen atoms in total. The molecule has 0 atom stereocenters. The van der Waals surface area contributed by atoms with Crippen LogP contribution in [0.3, 0.4) is 0 Å². The summed E-state index contributed by atoms with van der Waals surface area (Å²) in [5.74, 6) is -1.07. The van der Waals surface area contributed by atoms with Crippen LogP contribution in [0.4, 0.5) is 13.2 Å². The van der Waals surface area contributed by atoms with Gasteiger partial charge in [-0.1, -0.05) is 0 Å². The molecule has 0 amide bonds. The number of hydrogen-bond acceptors (Lipinski definition) is 3. The fourth-order valence-corrected chi connectivity index (χ4v) is 2.47. The zero-order valence-electron chi connectivity index (χ0n) is 8.99. The number of rotatable bonds is 3. The van der Waals surface area contributed by atoms with Crippen molar-refractivity contribution in [2.24, 2.45) is 0 Å². The van der Waals surface area contributed by atoms with Gasteiger partial charge in [0.15, 0.2) is 0 Å². The molecule has 0 radical (unpaired) electrons. The summed E-state index contributed by atoms with van der Waals surface area (Å²) in [6.45, 7) is 0. The number of alkyl halides is 3. The molecule has 1 aromatic carbocycles. The highest BCUT2D eigenvalue weighted by Crippen LogP contribution is 2.27. The van der Waals surface area contributed by atoms with Crippen LogP contribution in [0.5, 0.6) is 0 Å². The maximum atomic E-state index is 12.1. The Kier molecular flexibility index (Phi) is 3.25. The van der Waals surface area contributed by atoms with Gasteiger partial charge >= 0.3 is 12.1 Å². The predicted molar refractivity (Wildman–Crippen MR) is 61.0 cm³/mol. The van der Waals surface area contributed by atoms with Crippen LogP contribution in [0, 0.1) is 0 Å². The lowest BCUT2D eigenvalue weighted by Crippen LogP contribution is -2.08. The molecular weight excluding hydrogens is 267 g/mol. The summed E-state index contributed by atoms with van der Waals surface area (Å²) in [6.07, 6.45) is -5.30. The SMILES string of the molecule is O=C(O)c1ccc2nc(CCC(F)(F)F)sc2c1. The average molecular weight is 275 g/mol.